The molecular weight excluding hydrogens is 285 g/mol. The van der Waals surface area contributed by atoms with Crippen molar-refractivity contribution in [2.24, 2.45) is 0 Å². The van der Waals surface area contributed by atoms with Gasteiger partial charge in [0, 0.05) is 24.5 Å². The molecule has 0 atom stereocenters. The number of hydrogen-bond donors (Lipinski definition) is 2. The number of aliphatic hydroxyl groups excluding tert-OH is 1. The summed E-state index contributed by atoms with van der Waals surface area (Å²) in [7, 11) is -3.73. The van der Waals surface area contributed by atoms with Crippen LogP contribution in [0.25, 0.3) is 0 Å². The fourth-order valence-electron chi connectivity index (χ4n) is 1.65. The van der Waals surface area contributed by atoms with Crippen LogP contribution < -0.4 is 4.72 Å². The smallest absolute Gasteiger partial charge is 0.240 e. The number of nitrogens with zero attached hydrogens (tertiary/aromatic N) is 2. The molecule has 108 valence electrons. The average Bonchev–Trinajstić information content (AvgIpc) is 2.92. The lowest BCUT2D eigenvalue weighted by molar-refractivity contribution is 0.275. The van der Waals surface area contributed by atoms with Gasteiger partial charge in [0.2, 0.25) is 10.0 Å². The lowest BCUT2D eigenvalue weighted by atomic mass is 10.2. The molecule has 0 aliphatic heterocycles. The topological polar surface area (TPSA) is 84.2 Å². The summed E-state index contributed by atoms with van der Waals surface area (Å²) in [5.41, 5.74) is -0.0556. The van der Waals surface area contributed by atoms with Crippen LogP contribution in [-0.4, -0.2) is 29.8 Å². The summed E-state index contributed by atoms with van der Waals surface area (Å²) >= 11 is 0. The third-order valence-electron chi connectivity index (χ3n) is 2.69. The Bertz CT molecular complexity index is 671. The van der Waals surface area contributed by atoms with Gasteiger partial charge in [-0.25, -0.2) is 17.5 Å². The van der Waals surface area contributed by atoms with Crippen LogP contribution in [0.15, 0.2) is 41.6 Å². The molecular formula is C12H14FN3O3S. The maximum Gasteiger partial charge on any atom is 0.240 e. The minimum absolute atomic E-state index is 0.0556. The van der Waals surface area contributed by atoms with Crippen molar-refractivity contribution in [3.63, 3.8) is 0 Å². The summed E-state index contributed by atoms with van der Waals surface area (Å²) in [5, 5.41) is 12.9. The van der Waals surface area contributed by atoms with Crippen molar-refractivity contribution in [1.82, 2.24) is 14.5 Å². The molecule has 0 aliphatic carbocycles. The minimum Gasteiger partial charge on any atom is -0.392 e. The zero-order valence-electron chi connectivity index (χ0n) is 10.5. The van der Waals surface area contributed by atoms with Gasteiger partial charge in [0.15, 0.2) is 0 Å². The van der Waals surface area contributed by atoms with Crippen molar-refractivity contribution < 1.29 is 17.9 Å². The summed E-state index contributed by atoms with van der Waals surface area (Å²) in [4.78, 5) is -0.0802. The Morgan fingerprint density at radius 3 is 2.85 bits per heavy atom. The standard InChI is InChI=1S/C12H14FN3O3S/c13-12-3-2-11(8-10(12)9-17)20(18,19)15-5-7-16-6-1-4-14-16/h1-4,6,8,15,17H,5,7,9H2. The summed E-state index contributed by atoms with van der Waals surface area (Å²) in [6.45, 7) is -0.00138. The molecule has 0 bridgehead atoms. The van der Waals surface area contributed by atoms with Gasteiger partial charge in [-0.1, -0.05) is 0 Å². The van der Waals surface area contributed by atoms with Crippen molar-refractivity contribution in [3.05, 3.63) is 48.0 Å². The van der Waals surface area contributed by atoms with Crippen molar-refractivity contribution in [1.29, 1.82) is 0 Å². The van der Waals surface area contributed by atoms with E-state index in [1.54, 1.807) is 23.1 Å². The van der Waals surface area contributed by atoms with Crippen LogP contribution in [0.5, 0.6) is 0 Å². The predicted molar refractivity (Wildman–Crippen MR) is 69.7 cm³/mol. The molecule has 0 aliphatic rings. The second kappa shape index (κ2) is 6.12. The molecule has 1 heterocycles. The highest BCUT2D eigenvalue weighted by Crippen LogP contribution is 2.14. The maximum absolute atomic E-state index is 13.2. The van der Waals surface area contributed by atoms with Gasteiger partial charge in [-0.2, -0.15) is 5.10 Å². The normalized spacial score (nSPS) is 11.7. The Morgan fingerprint density at radius 2 is 2.20 bits per heavy atom. The molecule has 8 heteroatoms. The maximum atomic E-state index is 13.2. The molecule has 0 unspecified atom stereocenters. The van der Waals surface area contributed by atoms with E-state index in [0.29, 0.717) is 6.54 Å². The molecule has 20 heavy (non-hydrogen) atoms. The molecule has 6 nitrogen and oxygen atoms in total. The van der Waals surface area contributed by atoms with E-state index in [9.17, 15) is 12.8 Å². The van der Waals surface area contributed by atoms with E-state index in [2.05, 4.69) is 9.82 Å². The van der Waals surface area contributed by atoms with Gasteiger partial charge in [0.25, 0.3) is 0 Å². The summed E-state index contributed by atoms with van der Waals surface area (Å²) < 4.78 is 41.2. The molecule has 0 saturated carbocycles. The second-order valence-corrected chi connectivity index (χ2v) is 5.85. The van der Waals surface area contributed by atoms with E-state index in [4.69, 9.17) is 5.11 Å². The first-order valence-corrected chi connectivity index (χ1v) is 7.37. The van der Waals surface area contributed by atoms with Crippen LogP contribution in [0.2, 0.25) is 0 Å². The number of sulfonamides is 1. The van der Waals surface area contributed by atoms with Crippen LogP contribution >= 0.6 is 0 Å². The van der Waals surface area contributed by atoms with Gasteiger partial charge in [0.1, 0.15) is 5.82 Å². The number of rotatable bonds is 6. The highest BCUT2D eigenvalue weighted by atomic mass is 32.2. The third-order valence-corrected chi connectivity index (χ3v) is 4.15. The van der Waals surface area contributed by atoms with E-state index in [-0.39, 0.29) is 17.0 Å². The first kappa shape index (κ1) is 14.6. The van der Waals surface area contributed by atoms with Crippen LogP contribution in [-0.2, 0) is 23.2 Å². The van der Waals surface area contributed by atoms with E-state index < -0.39 is 22.4 Å². The molecule has 2 N–H and O–H groups in total. The SMILES string of the molecule is O=S(=O)(NCCn1cccn1)c1ccc(F)c(CO)c1. The van der Waals surface area contributed by atoms with E-state index in [1.165, 1.54) is 0 Å². The number of aliphatic hydroxyl groups is 1. The van der Waals surface area contributed by atoms with Gasteiger partial charge in [-0.05, 0) is 24.3 Å². The molecule has 0 amide bonds. The Kier molecular flexibility index (Phi) is 4.48. The molecule has 1 aromatic heterocycles. The van der Waals surface area contributed by atoms with E-state index in [0.717, 1.165) is 18.2 Å². The highest BCUT2D eigenvalue weighted by molar-refractivity contribution is 7.89. The van der Waals surface area contributed by atoms with Gasteiger partial charge in [0.05, 0.1) is 18.0 Å². The molecule has 0 fully saturated rings. The van der Waals surface area contributed by atoms with Crippen molar-refractivity contribution >= 4 is 10.0 Å². The Labute approximate surface area is 115 Å². The molecule has 1 aromatic carbocycles. The zero-order valence-corrected chi connectivity index (χ0v) is 11.3. The summed E-state index contributed by atoms with van der Waals surface area (Å²) in [6.07, 6.45) is 3.32. The van der Waals surface area contributed by atoms with Gasteiger partial charge in [-0.15, -0.1) is 0 Å². The van der Waals surface area contributed by atoms with Crippen LogP contribution in [0, 0.1) is 5.82 Å². The molecule has 0 radical (unpaired) electrons. The third kappa shape index (κ3) is 3.41. The number of hydrogen-bond acceptors (Lipinski definition) is 4. The highest BCUT2D eigenvalue weighted by Gasteiger charge is 2.15. The minimum atomic E-state index is -3.73. The lowest BCUT2D eigenvalue weighted by Crippen LogP contribution is -2.27. The van der Waals surface area contributed by atoms with E-state index >= 15 is 0 Å². The predicted octanol–water partition coefficient (Wildman–Crippen LogP) is 0.493. The fraction of sp³-hybridized carbons (Fsp3) is 0.250. The second-order valence-electron chi connectivity index (χ2n) is 4.08. The Balaban J connectivity index is 2.06. The molecule has 2 rings (SSSR count). The lowest BCUT2D eigenvalue weighted by Gasteiger charge is -2.08. The van der Waals surface area contributed by atoms with Gasteiger partial charge in [-0.3, -0.25) is 4.68 Å². The number of benzene rings is 1. The van der Waals surface area contributed by atoms with Crippen molar-refractivity contribution in [2.75, 3.05) is 6.54 Å². The molecule has 0 spiro atoms. The largest absolute Gasteiger partial charge is 0.392 e. The summed E-state index contributed by atoms with van der Waals surface area (Å²) in [5.74, 6) is -0.636. The first-order chi connectivity index (χ1) is 9.53. The number of halogens is 1. The number of aromatic nitrogens is 2. The van der Waals surface area contributed by atoms with Crippen LogP contribution in [0.1, 0.15) is 5.56 Å². The van der Waals surface area contributed by atoms with Crippen LogP contribution in [0.3, 0.4) is 0 Å². The quantitative estimate of drug-likeness (QED) is 0.813. The van der Waals surface area contributed by atoms with Gasteiger partial charge < -0.3 is 5.11 Å². The van der Waals surface area contributed by atoms with Gasteiger partial charge >= 0.3 is 0 Å². The van der Waals surface area contributed by atoms with Crippen molar-refractivity contribution in [3.8, 4) is 0 Å². The fourth-order valence-corrected chi connectivity index (χ4v) is 2.72. The summed E-state index contributed by atoms with van der Waals surface area (Å²) in [6, 6.07) is 5.03. The molecule has 0 saturated heterocycles. The zero-order chi connectivity index (χ0) is 14.6. The van der Waals surface area contributed by atoms with Crippen LogP contribution in [0.4, 0.5) is 4.39 Å². The Morgan fingerprint density at radius 1 is 1.40 bits per heavy atom. The van der Waals surface area contributed by atoms with E-state index in [1.807, 2.05) is 0 Å². The van der Waals surface area contributed by atoms with Crippen molar-refractivity contribution in [2.45, 2.75) is 18.0 Å². The average molecular weight is 299 g/mol. The Hall–Kier alpha value is -1.77. The molecule has 2 aromatic rings. The number of nitrogens with one attached hydrogen (secondary N) is 1. The first-order valence-electron chi connectivity index (χ1n) is 5.89. The monoisotopic (exact) mass is 299 g/mol.